The first-order valence-electron chi connectivity index (χ1n) is 12.8. The molecule has 0 saturated carbocycles. The van der Waals surface area contributed by atoms with Gasteiger partial charge < -0.3 is 9.64 Å². The second-order valence-electron chi connectivity index (χ2n) is 9.84. The fourth-order valence-corrected chi connectivity index (χ4v) is 5.18. The van der Waals surface area contributed by atoms with Gasteiger partial charge in [0.2, 0.25) is 0 Å². The molecule has 0 spiro atoms. The first-order chi connectivity index (χ1) is 17.3. The van der Waals surface area contributed by atoms with Crippen LogP contribution >= 0.6 is 0 Å². The van der Waals surface area contributed by atoms with Crippen molar-refractivity contribution in [3.05, 3.63) is 58.1 Å². The minimum Gasteiger partial charge on any atom is -0.491 e. The van der Waals surface area contributed by atoms with Crippen molar-refractivity contribution in [1.82, 2.24) is 19.4 Å². The average molecular weight is 489 g/mol. The van der Waals surface area contributed by atoms with Gasteiger partial charge in [0.05, 0.1) is 11.6 Å². The average Bonchev–Trinajstić information content (AvgIpc) is 2.89. The Kier molecular flexibility index (Phi) is 7.60. The standard InChI is InChI=1S/C28H36N6O2/c1-7-22-17-34(27-26-25(32(6)28(35)31-27)14-11-21(15-29)30-26)23(8-2)16-33(22)19(5)20-9-12-24(13-10-20)36-18(3)4/h9-14,18-19,22-23H,7-8,16-17H2,1-6H3/t19?,22-,23+/m1/s1. The molecule has 3 atom stereocenters. The van der Waals surface area contributed by atoms with Crippen LogP contribution in [0.25, 0.3) is 11.0 Å². The molecule has 1 unspecified atom stereocenters. The quantitative estimate of drug-likeness (QED) is 0.486. The second kappa shape index (κ2) is 10.7. The van der Waals surface area contributed by atoms with Gasteiger partial charge in [0.25, 0.3) is 0 Å². The summed E-state index contributed by atoms with van der Waals surface area (Å²) in [6, 6.07) is 14.6. The van der Waals surface area contributed by atoms with Crippen LogP contribution < -0.4 is 15.3 Å². The maximum atomic E-state index is 12.8. The molecule has 1 aromatic carbocycles. The molecule has 8 nitrogen and oxygen atoms in total. The molecule has 190 valence electrons. The molecular weight excluding hydrogens is 452 g/mol. The molecule has 36 heavy (non-hydrogen) atoms. The fourth-order valence-electron chi connectivity index (χ4n) is 5.18. The van der Waals surface area contributed by atoms with E-state index >= 15 is 0 Å². The fraction of sp³-hybridized carbons (Fsp3) is 0.500. The molecule has 1 fully saturated rings. The van der Waals surface area contributed by atoms with Crippen molar-refractivity contribution in [2.75, 3.05) is 18.0 Å². The SMILES string of the molecule is CC[C@H]1CN(C(C)c2ccc(OC(C)C)cc2)[C@H](CC)CN1c1nc(=O)n(C)c2ccc(C#N)nc12. The predicted octanol–water partition coefficient (Wildman–Crippen LogP) is 4.43. The van der Waals surface area contributed by atoms with Gasteiger partial charge in [-0.25, -0.2) is 9.78 Å². The maximum absolute atomic E-state index is 12.8. The van der Waals surface area contributed by atoms with Crippen molar-refractivity contribution in [2.45, 2.75) is 71.7 Å². The van der Waals surface area contributed by atoms with Gasteiger partial charge in [-0.2, -0.15) is 10.2 Å². The van der Waals surface area contributed by atoms with Crippen molar-refractivity contribution >= 4 is 16.9 Å². The molecule has 0 amide bonds. The van der Waals surface area contributed by atoms with Crippen molar-refractivity contribution in [2.24, 2.45) is 7.05 Å². The first kappa shape index (κ1) is 25.6. The minimum atomic E-state index is -0.314. The van der Waals surface area contributed by atoms with E-state index in [9.17, 15) is 10.1 Å². The first-order valence-corrected chi connectivity index (χ1v) is 12.8. The number of aromatic nitrogens is 3. The lowest BCUT2D eigenvalue weighted by molar-refractivity contribution is 0.101. The maximum Gasteiger partial charge on any atom is 0.349 e. The third-order valence-electron chi connectivity index (χ3n) is 7.24. The monoisotopic (exact) mass is 488 g/mol. The van der Waals surface area contributed by atoms with Crippen molar-refractivity contribution in [1.29, 1.82) is 5.26 Å². The Morgan fingerprint density at radius 1 is 1.03 bits per heavy atom. The molecule has 0 N–H and O–H groups in total. The summed E-state index contributed by atoms with van der Waals surface area (Å²) in [5.41, 5.74) is 2.55. The Morgan fingerprint density at radius 3 is 2.33 bits per heavy atom. The summed E-state index contributed by atoms with van der Waals surface area (Å²) < 4.78 is 7.32. The molecule has 2 aromatic heterocycles. The van der Waals surface area contributed by atoms with E-state index in [0.29, 0.717) is 22.5 Å². The molecule has 1 aliphatic heterocycles. The van der Waals surface area contributed by atoms with Gasteiger partial charge in [-0.1, -0.05) is 26.0 Å². The number of hydrogen-bond donors (Lipinski definition) is 0. The van der Waals surface area contributed by atoms with Crippen LogP contribution in [0.1, 0.15) is 64.8 Å². The summed E-state index contributed by atoms with van der Waals surface area (Å²) >= 11 is 0. The lowest BCUT2D eigenvalue weighted by Gasteiger charge is -2.49. The van der Waals surface area contributed by atoms with E-state index in [1.165, 1.54) is 10.1 Å². The molecule has 0 radical (unpaired) electrons. The Bertz CT molecular complexity index is 1310. The second-order valence-corrected chi connectivity index (χ2v) is 9.84. The van der Waals surface area contributed by atoms with E-state index in [0.717, 1.165) is 31.7 Å². The van der Waals surface area contributed by atoms with Crippen LogP contribution in [0.2, 0.25) is 0 Å². The number of nitrogens with zero attached hydrogens (tertiary/aromatic N) is 6. The van der Waals surface area contributed by atoms with Crippen LogP contribution in [0.4, 0.5) is 5.82 Å². The lowest BCUT2D eigenvalue weighted by atomic mass is 9.97. The molecular formula is C28H36N6O2. The van der Waals surface area contributed by atoms with E-state index in [1.54, 1.807) is 19.2 Å². The summed E-state index contributed by atoms with van der Waals surface area (Å²) in [5.74, 6) is 1.47. The van der Waals surface area contributed by atoms with Crippen molar-refractivity contribution in [3.63, 3.8) is 0 Å². The zero-order valence-electron chi connectivity index (χ0n) is 22.1. The molecule has 0 bridgehead atoms. The van der Waals surface area contributed by atoms with Gasteiger partial charge in [0.15, 0.2) is 5.82 Å². The summed E-state index contributed by atoms with van der Waals surface area (Å²) in [7, 11) is 1.69. The van der Waals surface area contributed by atoms with Gasteiger partial charge in [-0.15, -0.1) is 0 Å². The van der Waals surface area contributed by atoms with Gasteiger partial charge in [0.1, 0.15) is 23.0 Å². The number of rotatable bonds is 7. The normalized spacial score (nSPS) is 19.4. The van der Waals surface area contributed by atoms with E-state index in [2.05, 4.69) is 70.9 Å². The Balaban J connectivity index is 1.68. The molecule has 8 heteroatoms. The van der Waals surface area contributed by atoms with Crippen LogP contribution in [0.3, 0.4) is 0 Å². The summed E-state index contributed by atoms with van der Waals surface area (Å²) in [4.78, 5) is 26.6. The number of ether oxygens (including phenoxy) is 1. The van der Waals surface area contributed by atoms with Crippen LogP contribution in [0.5, 0.6) is 5.75 Å². The number of nitriles is 1. The topological polar surface area (TPSA) is 87.3 Å². The van der Waals surface area contributed by atoms with Crippen LogP contribution in [0.15, 0.2) is 41.2 Å². The Labute approximate surface area is 213 Å². The van der Waals surface area contributed by atoms with E-state index < -0.39 is 0 Å². The summed E-state index contributed by atoms with van der Waals surface area (Å²) in [6.45, 7) is 12.3. The Morgan fingerprint density at radius 2 is 1.72 bits per heavy atom. The molecule has 4 rings (SSSR count). The molecule has 3 heterocycles. The molecule has 3 aromatic rings. The van der Waals surface area contributed by atoms with Crippen molar-refractivity contribution < 1.29 is 4.74 Å². The lowest BCUT2D eigenvalue weighted by Crippen LogP contribution is -2.59. The number of hydrogen-bond acceptors (Lipinski definition) is 7. The van der Waals surface area contributed by atoms with Gasteiger partial charge >= 0.3 is 5.69 Å². The third kappa shape index (κ3) is 4.93. The number of fused-ring (bicyclic) bond motifs is 1. The molecule has 1 saturated heterocycles. The predicted molar refractivity (Wildman–Crippen MR) is 142 cm³/mol. The third-order valence-corrected chi connectivity index (χ3v) is 7.24. The molecule has 1 aliphatic rings. The smallest absolute Gasteiger partial charge is 0.349 e. The number of piperazine rings is 1. The highest BCUT2D eigenvalue weighted by molar-refractivity contribution is 5.86. The highest BCUT2D eigenvalue weighted by atomic mass is 16.5. The zero-order valence-corrected chi connectivity index (χ0v) is 22.1. The zero-order chi connectivity index (χ0) is 26.0. The molecule has 0 aliphatic carbocycles. The van der Waals surface area contributed by atoms with Crippen LogP contribution in [-0.2, 0) is 7.05 Å². The van der Waals surface area contributed by atoms with Crippen LogP contribution in [0, 0.1) is 11.3 Å². The van der Waals surface area contributed by atoms with Gasteiger partial charge in [-0.05, 0) is 63.4 Å². The summed E-state index contributed by atoms with van der Waals surface area (Å²) in [5, 5.41) is 9.43. The highest BCUT2D eigenvalue weighted by Crippen LogP contribution is 2.34. The van der Waals surface area contributed by atoms with E-state index in [-0.39, 0.29) is 29.9 Å². The number of aryl methyl sites for hydroxylation is 1. The number of anilines is 1. The van der Waals surface area contributed by atoms with E-state index in [1.807, 2.05) is 13.8 Å². The van der Waals surface area contributed by atoms with Gasteiger partial charge in [0, 0.05) is 38.3 Å². The Hall–Kier alpha value is -3.44. The van der Waals surface area contributed by atoms with Gasteiger partial charge in [-0.3, -0.25) is 9.47 Å². The largest absolute Gasteiger partial charge is 0.491 e. The minimum absolute atomic E-state index is 0.148. The van der Waals surface area contributed by atoms with Crippen molar-refractivity contribution in [3.8, 4) is 11.8 Å². The van der Waals surface area contributed by atoms with E-state index in [4.69, 9.17) is 4.74 Å². The number of pyridine rings is 1. The highest BCUT2D eigenvalue weighted by Gasteiger charge is 2.36. The van der Waals surface area contributed by atoms with Crippen LogP contribution in [-0.4, -0.2) is 50.7 Å². The summed E-state index contributed by atoms with van der Waals surface area (Å²) in [6.07, 6.45) is 2.01. The number of benzene rings is 1.